The Morgan fingerprint density at radius 3 is 2.47 bits per heavy atom. The van der Waals surface area contributed by atoms with Gasteiger partial charge in [-0.05, 0) is 49.3 Å². The Morgan fingerprint density at radius 1 is 0.967 bits per heavy atom. The minimum Gasteiger partial charge on any atom is -0.355 e. The molecule has 1 saturated heterocycles. The van der Waals surface area contributed by atoms with Crippen LogP contribution in [0.5, 0.6) is 0 Å². The van der Waals surface area contributed by atoms with Crippen molar-refractivity contribution in [2.45, 2.75) is 57.0 Å². The molecular formula is C21H27N7OS. The van der Waals surface area contributed by atoms with Crippen LogP contribution in [0.15, 0.2) is 29.0 Å². The highest BCUT2D eigenvalue weighted by Gasteiger charge is 2.23. The van der Waals surface area contributed by atoms with E-state index in [1.807, 2.05) is 28.1 Å². The van der Waals surface area contributed by atoms with Crippen LogP contribution >= 0.6 is 11.3 Å². The highest BCUT2D eigenvalue weighted by Crippen LogP contribution is 2.23. The zero-order valence-electron chi connectivity index (χ0n) is 17.0. The monoisotopic (exact) mass is 425 g/mol. The van der Waals surface area contributed by atoms with Crippen LogP contribution in [0, 0.1) is 0 Å². The van der Waals surface area contributed by atoms with E-state index in [-0.39, 0.29) is 12.1 Å². The maximum atomic E-state index is 12.3. The van der Waals surface area contributed by atoms with E-state index in [4.69, 9.17) is 5.10 Å². The van der Waals surface area contributed by atoms with E-state index in [0.717, 1.165) is 61.6 Å². The molecule has 158 valence electrons. The second kappa shape index (κ2) is 8.59. The molecule has 3 aromatic heterocycles. The van der Waals surface area contributed by atoms with Crippen molar-refractivity contribution in [1.29, 1.82) is 0 Å². The smallest absolute Gasteiger partial charge is 0.315 e. The molecule has 30 heavy (non-hydrogen) atoms. The van der Waals surface area contributed by atoms with E-state index in [0.29, 0.717) is 6.04 Å². The average Bonchev–Trinajstić information content (AvgIpc) is 3.44. The first-order valence-corrected chi connectivity index (χ1v) is 11.8. The number of carbonyl (C=O) groups excluding carboxylic acids is 1. The number of thiophene rings is 1. The summed E-state index contributed by atoms with van der Waals surface area (Å²) in [6, 6.07) is 6.55. The summed E-state index contributed by atoms with van der Waals surface area (Å²) in [5.41, 5.74) is 1.78. The maximum absolute atomic E-state index is 12.3. The fourth-order valence-corrected chi connectivity index (χ4v) is 5.07. The topological polar surface area (TPSA) is 87.5 Å². The number of urea groups is 1. The van der Waals surface area contributed by atoms with Crippen LogP contribution in [-0.4, -0.2) is 51.0 Å². The van der Waals surface area contributed by atoms with E-state index < -0.39 is 0 Å². The largest absolute Gasteiger partial charge is 0.355 e. The third-order valence-corrected chi connectivity index (χ3v) is 6.81. The fourth-order valence-electron chi connectivity index (χ4n) is 4.43. The molecule has 2 amide bonds. The molecule has 3 aromatic rings. The maximum Gasteiger partial charge on any atom is 0.315 e. The van der Waals surface area contributed by atoms with E-state index in [1.54, 1.807) is 11.3 Å². The normalized spacial score (nSPS) is 18.6. The van der Waals surface area contributed by atoms with Gasteiger partial charge in [0.2, 0.25) is 0 Å². The van der Waals surface area contributed by atoms with Gasteiger partial charge in [0.15, 0.2) is 11.5 Å². The van der Waals surface area contributed by atoms with Gasteiger partial charge in [0.1, 0.15) is 5.82 Å². The number of anilines is 1. The Hall–Kier alpha value is -2.68. The molecule has 0 bridgehead atoms. The van der Waals surface area contributed by atoms with Crippen LogP contribution in [0.4, 0.5) is 10.6 Å². The van der Waals surface area contributed by atoms with Gasteiger partial charge in [0, 0.05) is 36.1 Å². The van der Waals surface area contributed by atoms with E-state index in [2.05, 4.69) is 31.1 Å². The van der Waals surface area contributed by atoms with Gasteiger partial charge in [-0.15, -0.1) is 15.3 Å². The number of nitrogens with one attached hydrogen (secondary N) is 2. The third-order valence-electron chi connectivity index (χ3n) is 6.12. The summed E-state index contributed by atoms with van der Waals surface area (Å²) in [4.78, 5) is 14.6. The van der Waals surface area contributed by atoms with Crippen LogP contribution in [0.3, 0.4) is 0 Å². The molecule has 0 radical (unpaired) electrons. The zero-order chi connectivity index (χ0) is 20.3. The minimum absolute atomic E-state index is 0.00945. The standard InChI is InChI=1S/C21H27N7OS/c29-21(22-16-4-2-1-3-5-16)23-17-8-11-27(12-9-17)19-7-6-18-24-25-20(28(18)26-19)15-10-13-30-14-15/h6-7,10,13-14,16-17H,1-5,8-9,11-12H2,(H2,22,23,29). The number of amides is 2. The summed E-state index contributed by atoms with van der Waals surface area (Å²) >= 11 is 1.64. The first-order chi connectivity index (χ1) is 14.8. The molecule has 9 heteroatoms. The molecule has 2 N–H and O–H groups in total. The minimum atomic E-state index is -0.00945. The predicted molar refractivity (Wildman–Crippen MR) is 118 cm³/mol. The van der Waals surface area contributed by atoms with E-state index >= 15 is 0 Å². The van der Waals surface area contributed by atoms with Crippen LogP contribution in [0.25, 0.3) is 17.0 Å². The summed E-state index contributed by atoms with van der Waals surface area (Å²) < 4.78 is 1.82. The SMILES string of the molecule is O=C(NC1CCCCC1)NC1CCN(c2ccc3nnc(-c4ccsc4)n3n2)CC1. The quantitative estimate of drug-likeness (QED) is 0.668. The first kappa shape index (κ1) is 19.3. The van der Waals surface area contributed by atoms with Crippen molar-refractivity contribution in [2.24, 2.45) is 0 Å². The summed E-state index contributed by atoms with van der Waals surface area (Å²) in [7, 11) is 0. The van der Waals surface area contributed by atoms with Crippen molar-refractivity contribution in [3.8, 4) is 11.4 Å². The molecule has 1 aliphatic carbocycles. The van der Waals surface area contributed by atoms with Crippen molar-refractivity contribution in [1.82, 2.24) is 30.4 Å². The van der Waals surface area contributed by atoms with E-state index in [1.165, 1.54) is 19.3 Å². The molecule has 2 aliphatic rings. The fraction of sp³-hybridized carbons (Fsp3) is 0.524. The molecule has 8 nitrogen and oxygen atoms in total. The lowest BCUT2D eigenvalue weighted by Crippen LogP contribution is -2.50. The number of nitrogens with zero attached hydrogens (tertiary/aromatic N) is 5. The van der Waals surface area contributed by atoms with Crippen LogP contribution in [0.2, 0.25) is 0 Å². The Balaban J connectivity index is 1.20. The van der Waals surface area contributed by atoms with Crippen LogP contribution in [-0.2, 0) is 0 Å². The van der Waals surface area contributed by atoms with Crippen molar-refractivity contribution >= 4 is 28.8 Å². The lowest BCUT2D eigenvalue weighted by molar-refractivity contribution is 0.226. The number of piperidine rings is 1. The molecule has 5 rings (SSSR count). The number of rotatable bonds is 4. The first-order valence-electron chi connectivity index (χ1n) is 10.8. The second-order valence-electron chi connectivity index (χ2n) is 8.21. The van der Waals surface area contributed by atoms with Gasteiger partial charge < -0.3 is 15.5 Å². The lowest BCUT2D eigenvalue weighted by atomic mass is 9.96. The lowest BCUT2D eigenvalue weighted by Gasteiger charge is -2.33. The molecule has 0 spiro atoms. The zero-order valence-corrected chi connectivity index (χ0v) is 17.8. The molecule has 2 fully saturated rings. The Morgan fingerprint density at radius 2 is 1.73 bits per heavy atom. The van der Waals surface area contributed by atoms with E-state index in [9.17, 15) is 4.79 Å². The van der Waals surface area contributed by atoms with Gasteiger partial charge in [0.25, 0.3) is 0 Å². The average molecular weight is 426 g/mol. The number of fused-ring (bicyclic) bond motifs is 1. The van der Waals surface area contributed by atoms with Crippen LogP contribution < -0.4 is 15.5 Å². The molecule has 0 unspecified atom stereocenters. The Kier molecular flexibility index (Phi) is 5.52. The van der Waals surface area contributed by atoms with Gasteiger partial charge in [-0.25, -0.2) is 4.79 Å². The van der Waals surface area contributed by atoms with Gasteiger partial charge >= 0.3 is 6.03 Å². The van der Waals surface area contributed by atoms with Crippen molar-refractivity contribution in [3.63, 3.8) is 0 Å². The predicted octanol–water partition coefficient (Wildman–Crippen LogP) is 3.45. The van der Waals surface area contributed by atoms with Crippen LogP contribution in [0.1, 0.15) is 44.9 Å². The Bertz CT molecular complexity index is 988. The molecule has 1 saturated carbocycles. The molecule has 1 aliphatic heterocycles. The van der Waals surface area contributed by atoms with Gasteiger partial charge in [-0.2, -0.15) is 15.9 Å². The summed E-state index contributed by atoms with van der Waals surface area (Å²) in [6.45, 7) is 1.73. The second-order valence-corrected chi connectivity index (χ2v) is 8.99. The number of aromatic nitrogens is 4. The van der Waals surface area contributed by atoms with Gasteiger partial charge in [-0.3, -0.25) is 0 Å². The van der Waals surface area contributed by atoms with Gasteiger partial charge in [-0.1, -0.05) is 19.3 Å². The number of hydrogen-bond acceptors (Lipinski definition) is 6. The number of hydrogen-bond donors (Lipinski definition) is 2. The van der Waals surface area contributed by atoms with Gasteiger partial charge in [0.05, 0.1) is 0 Å². The molecular weight excluding hydrogens is 398 g/mol. The molecule has 0 atom stereocenters. The third kappa shape index (κ3) is 4.12. The van der Waals surface area contributed by atoms with Crippen molar-refractivity contribution in [2.75, 3.05) is 18.0 Å². The molecule has 0 aromatic carbocycles. The highest BCUT2D eigenvalue weighted by molar-refractivity contribution is 7.08. The Labute approximate surface area is 179 Å². The summed E-state index contributed by atoms with van der Waals surface area (Å²) in [6.07, 6.45) is 7.78. The molecule has 4 heterocycles. The highest BCUT2D eigenvalue weighted by atomic mass is 32.1. The summed E-state index contributed by atoms with van der Waals surface area (Å²) in [5.74, 6) is 1.69. The number of carbonyl (C=O) groups is 1. The van der Waals surface area contributed by atoms with Crippen molar-refractivity contribution < 1.29 is 4.79 Å². The van der Waals surface area contributed by atoms with Crippen molar-refractivity contribution in [3.05, 3.63) is 29.0 Å². The summed E-state index contributed by atoms with van der Waals surface area (Å²) in [5, 5.41) is 23.7.